The Labute approximate surface area is 261 Å². The van der Waals surface area contributed by atoms with Crippen molar-refractivity contribution in [2.75, 3.05) is 4.90 Å². The van der Waals surface area contributed by atoms with E-state index >= 15 is 0 Å². The zero-order valence-corrected chi connectivity index (χ0v) is 24.0. The van der Waals surface area contributed by atoms with Crippen LogP contribution in [0.3, 0.4) is 0 Å². The van der Waals surface area contributed by atoms with Crippen molar-refractivity contribution >= 4 is 40.8 Å². The summed E-state index contributed by atoms with van der Waals surface area (Å²) in [5.41, 5.74) is 1.55. The average molecular weight is 621 g/mol. The number of ether oxygens (including phenoxy) is 3. The lowest BCUT2D eigenvalue weighted by Gasteiger charge is -2.14. The van der Waals surface area contributed by atoms with Crippen LogP contribution in [-0.2, 0) is 11.3 Å². The van der Waals surface area contributed by atoms with Crippen molar-refractivity contribution in [3.63, 3.8) is 0 Å². The van der Waals surface area contributed by atoms with E-state index in [1.54, 1.807) is 66.7 Å². The fourth-order valence-corrected chi connectivity index (χ4v) is 4.73. The van der Waals surface area contributed by atoms with Crippen molar-refractivity contribution in [3.05, 3.63) is 153 Å². The van der Waals surface area contributed by atoms with Gasteiger partial charge in [-0.2, -0.15) is 0 Å². The number of nitro benzene ring substituents is 1. The molecule has 0 atom stereocenters. The molecule has 1 heterocycles. The third kappa shape index (κ3) is 6.22. The number of nitro groups is 1. The summed E-state index contributed by atoms with van der Waals surface area (Å²) >= 11 is 5.94. The Morgan fingerprint density at radius 2 is 1.33 bits per heavy atom. The van der Waals surface area contributed by atoms with Crippen molar-refractivity contribution in [1.29, 1.82) is 0 Å². The highest BCUT2D eigenvalue weighted by atomic mass is 35.5. The number of imide groups is 1. The quantitative estimate of drug-likeness (QED) is 0.0702. The van der Waals surface area contributed by atoms with Gasteiger partial charge in [-0.05, 0) is 90.5 Å². The summed E-state index contributed by atoms with van der Waals surface area (Å²) in [5.74, 6) is 0.00253. The third-order valence-electron chi connectivity index (χ3n) is 6.86. The number of halogens is 1. The first kappa shape index (κ1) is 29.1. The molecule has 5 aromatic rings. The van der Waals surface area contributed by atoms with E-state index in [0.717, 1.165) is 4.90 Å². The van der Waals surface area contributed by atoms with Gasteiger partial charge in [-0.1, -0.05) is 29.8 Å². The molecular weight excluding hydrogens is 600 g/mol. The molecule has 5 aromatic carbocycles. The molecular formula is C34H21ClN2O8. The number of carbonyl (C=O) groups excluding carboxylic acids is 3. The van der Waals surface area contributed by atoms with E-state index in [9.17, 15) is 24.5 Å². The lowest BCUT2D eigenvalue weighted by molar-refractivity contribution is -0.384. The number of anilines is 1. The van der Waals surface area contributed by atoms with E-state index in [-0.39, 0.29) is 34.7 Å². The van der Waals surface area contributed by atoms with Gasteiger partial charge in [0, 0.05) is 17.2 Å². The number of benzene rings is 5. The molecule has 0 aliphatic carbocycles. The molecule has 0 saturated carbocycles. The second-order valence-corrected chi connectivity index (χ2v) is 10.2. The molecule has 0 fully saturated rings. The fraction of sp³-hybridized carbons (Fsp3) is 0.0294. The van der Waals surface area contributed by atoms with Gasteiger partial charge in [0.25, 0.3) is 17.5 Å². The molecule has 0 aromatic heterocycles. The van der Waals surface area contributed by atoms with Crippen molar-refractivity contribution in [1.82, 2.24) is 0 Å². The summed E-state index contributed by atoms with van der Waals surface area (Å²) < 4.78 is 17.0. The lowest BCUT2D eigenvalue weighted by Crippen LogP contribution is -2.29. The minimum atomic E-state index is -0.589. The third-order valence-corrected chi connectivity index (χ3v) is 7.11. The zero-order valence-electron chi connectivity index (χ0n) is 23.2. The Balaban J connectivity index is 1.08. The van der Waals surface area contributed by atoms with Crippen molar-refractivity contribution < 1.29 is 33.5 Å². The monoisotopic (exact) mass is 620 g/mol. The van der Waals surface area contributed by atoms with Crippen LogP contribution in [0.1, 0.15) is 36.6 Å². The molecule has 0 unspecified atom stereocenters. The Bertz CT molecular complexity index is 1920. The second kappa shape index (κ2) is 12.3. The first-order valence-electron chi connectivity index (χ1n) is 13.5. The maximum atomic E-state index is 13.4. The Morgan fingerprint density at radius 3 is 1.98 bits per heavy atom. The zero-order chi connectivity index (χ0) is 31.5. The predicted molar refractivity (Wildman–Crippen MR) is 164 cm³/mol. The first-order valence-corrected chi connectivity index (χ1v) is 13.9. The molecule has 0 radical (unpaired) electrons. The molecule has 0 N–H and O–H groups in total. The number of nitrogens with zero attached hydrogens (tertiary/aromatic N) is 2. The van der Waals surface area contributed by atoms with Gasteiger partial charge in [0.1, 0.15) is 29.6 Å². The summed E-state index contributed by atoms with van der Waals surface area (Å²) in [6.45, 7) is -0.00675. The Morgan fingerprint density at radius 1 is 0.733 bits per heavy atom. The number of hydrogen-bond acceptors (Lipinski definition) is 8. The van der Waals surface area contributed by atoms with Gasteiger partial charge in [0.2, 0.25) is 0 Å². The highest BCUT2D eigenvalue weighted by Crippen LogP contribution is 2.36. The van der Waals surface area contributed by atoms with Crippen LogP contribution in [0.15, 0.2) is 115 Å². The van der Waals surface area contributed by atoms with Crippen LogP contribution in [0, 0.1) is 10.1 Å². The molecule has 2 amide bonds. The van der Waals surface area contributed by atoms with Gasteiger partial charge in [0.15, 0.2) is 0 Å². The SMILES string of the molecule is O=C(OCc1ccc(Oc2ccc([N+](=O)[O-])cc2)cc1)c1ccc(N2C(=O)c3cccc(Oc4ccc(Cl)cc4)c3C2=O)cc1. The topological polar surface area (TPSA) is 125 Å². The van der Waals surface area contributed by atoms with E-state index in [1.807, 2.05) is 0 Å². The fourth-order valence-electron chi connectivity index (χ4n) is 4.61. The van der Waals surface area contributed by atoms with Gasteiger partial charge in [0.05, 0.1) is 27.3 Å². The summed E-state index contributed by atoms with van der Waals surface area (Å²) in [7, 11) is 0. The summed E-state index contributed by atoms with van der Waals surface area (Å²) in [5, 5.41) is 11.3. The van der Waals surface area contributed by atoms with E-state index in [2.05, 4.69) is 0 Å². The number of carbonyl (C=O) groups is 3. The molecule has 1 aliphatic rings. The molecule has 45 heavy (non-hydrogen) atoms. The highest BCUT2D eigenvalue weighted by molar-refractivity contribution is 6.35. The molecule has 1 aliphatic heterocycles. The number of non-ortho nitro benzene ring substituents is 1. The van der Waals surface area contributed by atoms with Crippen LogP contribution in [0.4, 0.5) is 11.4 Å². The van der Waals surface area contributed by atoms with Crippen molar-refractivity contribution in [3.8, 4) is 23.0 Å². The standard InChI is InChI=1S/C34H21ClN2O8/c35-23-8-16-28(17-9-23)45-30-3-1-2-29-31(30)33(39)36(32(29)38)24-10-6-22(7-11-24)34(40)43-20-21-4-14-26(15-5-21)44-27-18-12-25(13-19-27)37(41)42/h1-19H,20H2. The second-order valence-electron chi connectivity index (χ2n) is 9.80. The molecule has 0 spiro atoms. The number of esters is 1. The van der Waals surface area contributed by atoms with Crippen LogP contribution in [0.25, 0.3) is 0 Å². The van der Waals surface area contributed by atoms with E-state index in [4.69, 9.17) is 25.8 Å². The lowest BCUT2D eigenvalue weighted by atomic mass is 10.1. The van der Waals surface area contributed by atoms with Crippen LogP contribution < -0.4 is 14.4 Å². The number of fused-ring (bicyclic) bond motifs is 1. The minimum Gasteiger partial charge on any atom is -0.457 e. The average Bonchev–Trinajstić information content (AvgIpc) is 3.31. The maximum Gasteiger partial charge on any atom is 0.338 e. The summed E-state index contributed by atoms with van der Waals surface area (Å²) in [6, 6.07) is 29.9. The smallest absolute Gasteiger partial charge is 0.338 e. The normalized spacial score (nSPS) is 12.1. The number of rotatable bonds is 9. The first-order chi connectivity index (χ1) is 21.8. The predicted octanol–water partition coefficient (Wildman–Crippen LogP) is 7.99. The molecule has 6 rings (SSSR count). The minimum absolute atomic E-state index is 0.00675. The van der Waals surface area contributed by atoms with Gasteiger partial charge in [-0.3, -0.25) is 19.7 Å². The van der Waals surface area contributed by atoms with Crippen LogP contribution in [0.5, 0.6) is 23.0 Å². The van der Waals surface area contributed by atoms with Gasteiger partial charge >= 0.3 is 5.97 Å². The molecule has 222 valence electrons. The highest BCUT2D eigenvalue weighted by Gasteiger charge is 2.39. The van der Waals surface area contributed by atoms with Crippen molar-refractivity contribution in [2.45, 2.75) is 6.61 Å². The molecule has 10 nitrogen and oxygen atoms in total. The van der Waals surface area contributed by atoms with E-state index in [0.29, 0.717) is 33.5 Å². The maximum absolute atomic E-state index is 13.4. The Kier molecular flexibility index (Phi) is 7.96. The van der Waals surface area contributed by atoms with E-state index in [1.165, 1.54) is 48.5 Å². The summed E-state index contributed by atoms with van der Waals surface area (Å²) in [4.78, 5) is 50.7. The molecule has 11 heteroatoms. The number of hydrogen-bond donors (Lipinski definition) is 0. The van der Waals surface area contributed by atoms with Gasteiger partial charge < -0.3 is 14.2 Å². The van der Waals surface area contributed by atoms with Gasteiger partial charge in [-0.15, -0.1) is 0 Å². The van der Waals surface area contributed by atoms with Crippen LogP contribution in [0.2, 0.25) is 5.02 Å². The largest absolute Gasteiger partial charge is 0.457 e. The molecule has 0 bridgehead atoms. The van der Waals surface area contributed by atoms with Gasteiger partial charge in [-0.25, -0.2) is 9.69 Å². The van der Waals surface area contributed by atoms with Crippen LogP contribution >= 0.6 is 11.6 Å². The van der Waals surface area contributed by atoms with Crippen molar-refractivity contribution in [2.24, 2.45) is 0 Å². The number of amides is 2. The summed E-state index contributed by atoms with van der Waals surface area (Å²) in [6.07, 6.45) is 0. The molecule has 0 saturated heterocycles. The Hall–Kier alpha value is -6.00. The van der Waals surface area contributed by atoms with E-state index < -0.39 is 22.7 Å². The van der Waals surface area contributed by atoms with Crippen LogP contribution in [-0.4, -0.2) is 22.7 Å².